The number of halogens is 1. The average Bonchev–Trinajstić information content (AvgIpc) is 2.83. The van der Waals surface area contributed by atoms with Gasteiger partial charge in [-0.15, -0.1) is 0 Å². The summed E-state index contributed by atoms with van der Waals surface area (Å²) in [7, 11) is 0. The van der Waals surface area contributed by atoms with Crippen LogP contribution >= 0.6 is 0 Å². The molecule has 1 amide bonds. The van der Waals surface area contributed by atoms with Gasteiger partial charge in [0.2, 0.25) is 0 Å². The number of hydrogen-bond acceptors (Lipinski definition) is 5. The number of nitrogens with zero attached hydrogens (tertiary/aromatic N) is 4. The molecule has 0 aliphatic carbocycles. The van der Waals surface area contributed by atoms with Gasteiger partial charge < -0.3 is 10.2 Å². The van der Waals surface area contributed by atoms with E-state index in [1.165, 1.54) is 24.3 Å². The van der Waals surface area contributed by atoms with Gasteiger partial charge >= 0.3 is 0 Å². The van der Waals surface area contributed by atoms with Gasteiger partial charge in [-0.25, -0.2) is 14.4 Å². The minimum absolute atomic E-state index is 0.269. The minimum atomic E-state index is -0.357. The Morgan fingerprint density at radius 3 is 2.67 bits per heavy atom. The highest BCUT2D eigenvalue weighted by Gasteiger charge is 2.20. The second-order valence-electron chi connectivity index (χ2n) is 7.40. The van der Waals surface area contributed by atoms with Crippen molar-refractivity contribution in [2.45, 2.75) is 13.5 Å². The fourth-order valence-corrected chi connectivity index (χ4v) is 3.51. The Kier molecular flexibility index (Phi) is 6.50. The predicted octanol–water partition coefficient (Wildman–Crippen LogP) is 5.13. The molecule has 2 aromatic carbocycles. The molecule has 7 heteroatoms. The molecule has 2 heterocycles. The maximum atomic E-state index is 13.2. The Morgan fingerprint density at radius 1 is 1.18 bits per heavy atom. The predicted molar refractivity (Wildman–Crippen MR) is 128 cm³/mol. The van der Waals surface area contributed by atoms with E-state index in [0.29, 0.717) is 23.6 Å². The lowest BCUT2D eigenvalue weighted by Crippen LogP contribution is -2.21. The number of carbonyl (C=O) groups is 1. The molecule has 0 saturated carbocycles. The maximum Gasteiger partial charge on any atom is 0.255 e. The second-order valence-corrected chi connectivity index (χ2v) is 7.40. The summed E-state index contributed by atoms with van der Waals surface area (Å²) in [6.07, 6.45) is 10.9. The van der Waals surface area contributed by atoms with Crippen LogP contribution in [0.2, 0.25) is 0 Å². The van der Waals surface area contributed by atoms with E-state index in [2.05, 4.69) is 27.0 Å². The molecule has 4 rings (SSSR count). The van der Waals surface area contributed by atoms with Crippen LogP contribution in [-0.4, -0.2) is 27.5 Å². The molecule has 0 fully saturated rings. The molecule has 33 heavy (non-hydrogen) atoms. The van der Waals surface area contributed by atoms with Crippen LogP contribution in [0.15, 0.2) is 96.2 Å². The highest BCUT2D eigenvalue weighted by Crippen LogP contribution is 2.32. The normalized spacial score (nSPS) is 14.2. The van der Waals surface area contributed by atoms with Gasteiger partial charge in [0.25, 0.3) is 5.91 Å². The summed E-state index contributed by atoms with van der Waals surface area (Å²) >= 11 is 0. The zero-order chi connectivity index (χ0) is 23.2. The SMILES string of the molecule is C=N/C=C1/C(c2ccc(C)c(C(=O)Nc3ccc(F)cc3)c2)=CC=CN1Cc1ncccn1. The third-order valence-corrected chi connectivity index (χ3v) is 5.15. The van der Waals surface area contributed by atoms with Crippen molar-refractivity contribution in [1.82, 2.24) is 14.9 Å². The van der Waals surface area contributed by atoms with Crippen molar-refractivity contribution < 1.29 is 9.18 Å². The number of rotatable bonds is 6. The van der Waals surface area contributed by atoms with Crippen LogP contribution in [0.1, 0.15) is 27.3 Å². The van der Waals surface area contributed by atoms with Crippen molar-refractivity contribution in [3.05, 3.63) is 120 Å². The van der Waals surface area contributed by atoms with Crippen molar-refractivity contribution in [3.8, 4) is 0 Å². The summed E-state index contributed by atoms with van der Waals surface area (Å²) in [5, 5.41) is 2.83. The number of benzene rings is 2. The lowest BCUT2D eigenvalue weighted by Gasteiger charge is -2.27. The number of aryl methyl sites for hydroxylation is 1. The largest absolute Gasteiger partial charge is 0.339 e. The third kappa shape index (κ3) is 5.10. The number of hydrogen-bond donors (Lipinski definition) is 1. The lowest BCUT2D eigenvalue weighted by molar-refractivity contribution is 0.102. The van der Waals surface area contributed by atoms with Gasteiger partial charge in [-0.2, -0.15) is 0 Å². The van der Waals surface area contributed by atoms with E-state index < -0.39 is 0 Å². The van der Waals surface area contributed by atoms with E-state index in [9.17, 15) is 9.18 Å². The summed E-state index contributed by atoms with van der Waals surface area (Å²) < 4.78 is 13.2. The van der Waals surface area contributed by atoms with E-state index in [-0.39, 0.29) is 11.7 Å². The van der Waals surface area contributed by atoms with Gasteiger partial charge in [0, 0.05) is 35.4 Å². The van der Waals surface area contributed by atoms with Crippen molar-refractivity contribution in [2.75, 3.05) is 5.32 Å². The summed E-state index contributed by atoms with van der Waals surface area (Å²) in [5.41, 5.74) is 4.42. The fourth-order valence-electron chi connectivity index (χ4n) is 3.51. The van der Waals surface area contributed by atoms with E-state index >= 15 is 0 Å². The van der Waals surface area contributed by atoms with Crippen LogP contribution in [0.25, 0.3) is 5.57 Å². The van der Waals surface area contributed by atoms with Crippen LogP contribution in [0.5, 0.6) is 0 Å². The van der Waals surface area contributed by atoms with Crippen LogP contribution in [0, 0.1) is 12.7 Å². The zero-order valence-corrected chi connectivity index (χ0v) is 18.1. The van der Waals surface area contributed by atoms with Crippen molar-refractivity contribution in [3.63, 3.8) is 0 Å². The minimum Gasteiger partial charge on any atom is -0.339 e. The Balaban J connectivity index is 1.63. The molecule has 0 spiro atoms. The Labute approximate surface area is 191 Å². The number of amides is 1. The average molecular weight is 439 g/mol. The van der Waals surface area contributed by atoms with Crippen LogP contribution in [-0.2, 0) is 6.54 Å². The smallest absolute Gasteiger partial charge is 0.255 e. The highest BCUT2D eigenvalue weighted by molar-refractivity contribution is 6.06. The molecule has 1 aromatic heterocycles. The summed E-state index contributed by atoms with van der Waals surface area (Å²) in [5.74, 6) is 0.0422. The molecule has 1 aliphatic heterocycles. The van der Waals surface area contributed by atoms with E-state index in [0.717, 1.165) is 22.4 Å². The molecule has 1 N–H and O–H groups in total. The standard InChI is InChI=1S/C26H22FN5O/c1-18-6-7-19(15-23(18)26(33)31-21-10-8-20(27)9-11-21)22-5-3-14-32(24(22)16-28-2)17-25-29-12-4-13-30-25/h3-16H,2,17H2,1H3,(H,31,33)/b24-16-. The van der Waals surface area contributed by atoms with Crippen LogP contribution in [0.4, 0.5) is 10.1 Å². The van der Waals surface area contributed by atoms with Crippen molar-refractivity contribution in [1.29, 1.82) is 0 Å². The van der Waals surface area contributed by atoms with E-state index in [1.54, 1.807) is 24.7 Å². The molecule has 0 unspecified atom stereocenters. The second kappa shape index (κ2) is 9.82. The number of anilines is 1. The Morgan fingerprint density at radius 2 is 1.94 bits per heavy atom. The first-order valence-electron chi connectivity index (χ1n) is 10.3. The van der Waals surface area contributed by atoms with Gasteiger partial charge in [0.05, 0.1) is 18.4 Å². The molecule has 3 aromatic rings. The highest BCUT2D eigenvalue weighted by atomic mass is 19.1. The van der Waals surface area contributed by atoms with Crippen molar-refractivity contribution in [2.24, 2.45) is 4.99 Å². The van der Waals surface area contributed by atoms with Crippen molar-refractivity contribution >= 4 is 23.9 Å². The zero-order valence-electron chi connectivity index (χ0n) is 18.1. The number of aliphatic imine (C=N–C) groups is 1. The molecule has 0 bridgehead atoms. The molecule has 0 atom stereocenters. The summed E-state index contributed by atoms with van der Waals surface area (Å²) in [6, 6.07) is 13.1. The molecular weight excluding hydrogens is 417 g/mol. The topological polar surface area (TPSA) is 70.5 Å². The monoisotopic (exact) mass is 439 g/mol. The van der Waals surface area contributed by atoms with Gasteiger partial charge in [0.1, 0.15) is 11.6 Å². The first-order chi connectivity index (χ1) is 16.0. The molecule has 6 nitrogen and oxygen atoms in total. The molecule has 1 aliphatic rings. The van der Waals surface area contributed by atoms with Gasteiger partial charge in [0.15, 0.2) is 0 Å². The molecular formula is C26H22FN5O. The molecule has 0 radical (unpaired) electrons. The fraction of sp³-hybridized carbons (Fsp3) is 0.0769. The summed E-state index contributed by atoms with van der Waals surface area (Å²) in [6.45, 7) is 5.94. The lowest BCUT2D eigenvalue weighted by atomic mass is 9.95. The first kappa shape index (κ1) is 21.8. The van der Waals surface area contributed by atoms with E-state index in [4.69, 9.17) is 0 Å². The Bertz CT molecular complexity index is 1260. The summed E-state index contributed by atoms with van der Waals surface area (Å²) in [4.78, 5) is 27.5. The maximum absolute atomic E-state index is 13.2. The Hall–Kier alpha value is -4.39. The quantitative estimate of drug-likeness (QED) is 0.541. The van der Waals surface area contributed by atoms with E-state index in [1.807, 2.05) is 48.4 Å². The molecule has 164 valence electrons. The molecule has 0 saturated heterocycles. The number of carbonyl (C=O) groups excluding carboxylic acids is 1. The number of aromatic nitrogens is 2. The van der Waals surface area contributed by atoms with Gasteiger partial charge in [-0.3, -0.25) is 9.79 Å². The number of allylic oxidation sites excluding steroid dienone is 3. The van der Waals surface area contributed by atoms with Crippen LogP contribution < -0.4 is 5.32 Å². The number of nitrogens with one attached hydrogen (secondary N) is 1. The third-order valence-electron chi connectivity index (χ3n) is 5.15. The van der Waals surface area contributed by atoms with Gasteiger partial charge in [-0.1, -0.05) is 18.2 Å². The first-order valence-corrected chi connectivity index (χ1v) is 10.3. The van der Waals surface area contributed by atoms with Gasteiger partial charge in [-0.05, 0) is 67.2 Å². The van der Waals surface area contributed by atoms with Crippen LogP contribution in [0.3, 0.4) is 0 Å².